The number of methoxy groups -OCH3 is 1. The van der Waals surface area contributed by atoms with Gasteiger partial charge in [0.05, 0.1) is 7.11 Å². The molecule has 0 saturated heterocycles. The van der Waals surface area contributed by atoms with Crippen molar-refractivity contribution < 1.29 is 14.4 Å². The topological polar surface area (TPSA) is 59.9 Å². The summed E-state index contributed by atoms with van der Waals surface area (Å²) in [5, 5.41) is 6.26. The van der Waals surface area contributed by atoms with Gasteiger partial charge in [-0.1, -0.05) is 24.2 Å². The van der Waals surface area contributed by atoms with Crippen LogP contribution in [0, 0.1) is 0 Å². The van der Waals surface area contributed by atoms with Gasteiger partial charge in [-0.25, -0.2) is 0 Å². The average Bonchev–Trinajstić information content (AvgIpc) is 2.42. The first-order chi connectivity index (χ1) is 8.76. The zero-order valence-electron chi connectivity index (χ0n) is 10.7. The molecule has 0 atom stereocenters. The number of rotatable bonds is 7. The van der Waals surface area contributed by atoms with Crippen LogP contribution in [-0.4, -0.2) is 25.8 Å². The molecule has 0 unspecified atom stereocenters. The van der Waals surface area contributed by atoms with E-state index in [1.807, 2.05) is 31.2 Å². The highest BCUT2D eigenvalue weighted by Gasteiger charge is 1.96. The summed E-state index contributed by atoms with van der Waals surface area (Å²) in [5.41, 5.74) is 0.960. The molecular formula is C13H18N2O3. The van der Waals surface area contributed by atoms with Crippen LogP contribution in [0.2, 0.25) is 0 Å². The Morgan fingerprint density at radius 3 is 2.72 bits per heavy atom. The Labute approximate surface area is 107 Å². The SMILES string of the molecule is CCCNC(=O)/C=N/OCc1ccc(OC)cc1. The monoisotopic (exact) mass is 250 g/mol. The van der Waals surface area contributed by atoms with Crippen LogP contribution in [0.5, 0.6) is 5.75 Å². The normalized spacial score (nSPS) is 10.3. The third kappa shape index (κ3) is 5.34. The Kier molecular flexibility index (Phi) is 6.32. The minimum Gasteiger partial charge on any atom is -0.497 e. The molecule has 18 heavy (non-hydrogen) atoms. The van der Waals surface area contributed by atoms with Gasteiger partial charge in [-0.3, -0.25) is 4.79 Å². The maximum atomic E-state index is 11.1. The number of nitrogens with one attached hydrogen (secondary N) is 1. The van der Waals surface area contributed by atoms with E-state index in [4.69, 9.17) is 9.57 Å². The third-order valence-electron chi connectivity index (χ3n) is 2.18. The van der Waals surface area contributed by atoms with Crippen molar-refractivity contribution in [3.8, 4) is 5.75 Å². The van der Waals surface area contributed by atoms with E-state index in [2.05, 4.69) is 10.5 Å². The zero-order valence-corrected chi connectivity index (χ0v) is 10.7. The Balaban J connectivity index is 2.28. The van der Waals surface area contributed by atoms with E-state index < -0.39 is 0 Å². The summed E-state index contributed by atoms with van der Waals surface area (Å²) in [6.07, 6.45) is 2.03. The van der Waals surface area contributed by atoms with Crippen LogP contribution in [0.4, 0.5) is 0 Å². The molecule has 0 bridgehead atoms. The predicted octanol–water partition coefficient (Wildman–Crippen LogP) is 1.72. The summed E-state index contributed by atoms with van der Waals surface area (Å²) in [6.45, 7) is 2.95. The summed E-state index contributed by atoms with van der Waals surface area (Å²) in [6, 6.07) is 7.45. The molecule has 98 valence electrons. The molecule has 1 aromatic rings. The standard InChI is InChI=1S/C13H18N2O3/c1-3-8-14-13(16)9-15-18-10-11-4-6-12(17-2)7-5-11/h4-7,9H,3,8,10H2,1-2H3,(H,14,16)/b15-9+. The van der Waals surface area contributed by atoms with Crippen molar-refractivity contribution in [1.82, 2.24) is 5.32 Å². The molecule has 1 rings (SSSR count). The summed E-state index contributed by atoms with van der Waals surface area (Å²) >= 11 is 0. The zero-order chi connectivity index (χ0) is 13.2. The van der Waals surface area contributed by atoms with E-state index in [1.165, 1.54) is 0 Å². The number of hydrogen-bond donors (Lipinski definition) is 1. The second-order valence-electron chi connectivity index (χ2n) is 3.65. The summed E-state index contributed by atoms with van der Waals surface area (Å²) in [5.74, 6) is 0.549. The number of hydrogen-bond acceptors (Lipinski definition) is 4. The van der Waals surface area contributed by atoms with E-state index in [9.17, 15) is 4.79 Å². The molecule has 1 N–H and O–H groups in total. The molecule has 0 aromatic heterocycles. The molecule has 5 nitrogen and oxygen atoms in total. The first-order valence-corrected chi connectivity index (χ1v) is 5.82. The number of ether oxygens (including phenoxy) is 1. The molecule has 0 saturated carbocycles. The number of carbonyl (C=O) groups excluding carboxylic acids is 1. The number of benzene rings is 1. The van der Waals surface area contributed by atoms with E-state index in [0.29, 0.717) is 13.2 Å². The van der Waals surface area contributed by atoms with Crippen LogP contribution in [0.15, 0.2) is 29.4 Å². The molecule has 5 heteroatoms. The number of carbonyl (C=O) groups is 1. The van der Waals surface area contributed by atoms with Gasteiger partial charge >= 0.3 is 0 Å². The van der Waals surface area contributed by atoms with Crippen molar-refractivity contribution in [3.05, 3.63) is 29.8 Å². The quantitative estimate of drug-likeness (QED) is 0.592. The van der Waals surface area contributed by atoms with Gasteiger partial charge in [0, 0.05) is 6.54 Å². The van der Waals surface area contributed by atoms with Crippen LogP contribution in [0.25, 0.3) is 0 Å². The second kappa shape index (κ2) is 8.11. The molecule has 0 aliphatic carbocycles. The van der Waals surface area contributed by atoms with Gasteiger partial charge in [0.1, 0.15) is 18.6 Å². The second-order valence-corrected chi connectivity index (χ2v) is 3.65. The Morgan fingerprint density at radius 1 is 1.39 bits per heavy atom. The molecule has 1 amide bonds. The number of nitrogens with zero attached hydrogens (tertiary/aromatic N) is 1. The van der Waals surface area contributed by atoms with Crippen LogP contribution in [-0.2, 0) is 16.2 Å². The van der Waals surface area contributed by atoms with Crippen molar-refractivity contribution in [2.24, 2.45) is 5.16 Å². The summed E-state index contributed by atoms with van der Waals surface area (Å²) < 4.78 is 5.04. The Bertz CT molecular complexity index is 388. The highest BCUT2D eigenvalue weighted by atomic mass is 16.6. The van der Waals surface area contributed by atoms with Gasteiger partial charge in [-0.15, -0.1) is 0 Å². The predicted molar refractivity (Wildman–Crippen MR) is 69.6 cm³/mol. The van der Waals surface area contributed by atoms with E-state index in [-0.39, 0.29) is 5.91 Å². The van der Waals surface area contributed by atoms with Gasteiger partial charge in [0.2, 0.25) is 0 Å². The van der Waals surface area contributed by atoms with E-state index in [0.717, 1.165) is 23.9 Å². The molecule has 0 spiro atoms. The number of amides is 1. The minimum atomic E-state index is -0.244. The molecular weight excluding hydrogens is 232 g/mol. The van der Waals surface area contributed by atoms with Gasteiger partial charge in [0.25, 0.3) is 5.91 Å². The first-order valence-electron chi connectivity index (χ1n) is 5.82. The molecule has 0 aliphatic rings. The van der Waals surface area contributed by atoms with Crippen LogP contribution in [0.3, 0.4) is 0 Å². The maximum Gasteiger partial charge on any atom is 0.265 e. The molecule has 1 aromatic carbocycles. The third-order valence-corrected chi connectivity index (χ3v) is 2.18. The van der Waals surface area contributed by atoms with Gasteiger partial charge < -0.3 is 14.9 Å². The summed E-state index contributed by atoms with van der Waals surface area (Å²) in [4.78, 5) is 16.2. The summed E-state index contributed by atoms with van der Waals surface area (Å²) in [7, 11) is 1.62. The van der Waals surface area contributed by atoms with Gasteiger partial charge in [-0.2, -0.15) is 0 Å². The van der Waals surface area contributed by atoms with Crippen LogP contribution >= 0.6 is 0 Å². The van der Waals surface area contributed by atoms with Crippen molar-refractivity contribution >= 4 is 12.1 Å². The fraction of sp³-hybridized carbons (Fsp3) is 0.385. The first kappa shape index (κ1) is 14.0. The Hall–Kier alpha value is -2.04. The van der Waals surface area contributed by atoms with Gasteiger partial charge in [0.15, 0.2) is 0 Å². The maximum absolute atomic E-state index is 11.1. The highest BCUT2D eigenvalue weighted by Crippen LogP contribution is 2.11. The minimum absolute atomic E-state index is 0.244. The molecule has 0 heterocycles. The lowest BCUT2D eigenvalue weighted by molar-refractivity contribution is -0.114. The largest absolute Gasteiger partial charge is 0.497 e. The van der Waals surface area contributed by atoms with Crippen molar-refractivity contribution in [2.75, 3.05) is 13.7 Å². The highest BCUT2D eigenvalue weighted by molar-refractivity contribution is 6.26. The van der Waals surface area contributed by atoms with Crippen LogP contribution < -0.4 is 10.1 Å². The van der Waals surface area contributed by atoms with Crippen molar-refractivity contribution in [3.63, 3.8) is 0 Å². The fourth-order valence-electron chi connectivity index (χ4n) is 1.21. The smallest absolute Gasteiger partial charge is 0.265 e. The van der Waals surface area contributed by atoms with E-state index >= 15 is 0 Å². The van der Waals surface area contributed by atoms with Crippen molar-refractivity contribution in [2.45, 2.75) is 20.0 Å². The Morgan fingerprint density at radius 2 is 2.11 bits per heavy atom. The number of oxime groups is 1. The van der Waals surface area contributed by atoms with E-state index in [1.54, 1.807) is 7.11 Å². The lowest BCUT2D eigenvalue weighted by atomic mass is 10.2. The molecule has 0 aliphatic heterocycles. The lowest BCUT2D eigenvalue weighted by Gasteiger charge is -2.02. The van der Waals surface area contributed by atoms with Gasteiger partial charge in [-0.05, 0) is 24.1 Å². The lowest BCUT2D eigenvalue weighted by Crippen LogP contribution is -2.24. The van der Waals surface area contributed by atoms with Crippen LogP contribution in [0.1, 0.15) is 18.9 Å². The fourth-order valence-corrected chi connectivity index (χ4v) is 1.21. The molecule has 0 radical (unpaired) electrons. The van der Waals surface area contributed by atoms with Crippen molar-refractivity contribution in [1.29, 1.82) is 0 Å². The average molecular weight is 250 g/mol. The molecule has 0 fully saturated rings.